The van der Waals surface area contributed by atoms with Crippen LogP contribution in [0.25, 0.3) is 16.5 Å². The van der Waals surface area contributed by atoms with Crippen molar-refractivity contribution in [2.75, 3.05) is 79.6 Å². The zero-order valence-electron chi connectivity index (χ0n) is 60.6. The number of allylic oxidation sites excluding steroid dienone is 2. The highest BCUT2D eigenvalue weighted by atomic mass is 35.5. The van der Waals surface area contributed by atoms with Gasteiger partial charge < -0.3 is 58.9 Å². The van der Waals surface area contributed by atoms with E-state index in [2.05, 4.69) is 96.5 Å². The summed E-state index contributed by atoms with van der Waals surface area (Å²) in [6.45, 7) is 4.60. The molecular formula is C82H80ClF9N18O3. The lowest BCUT2D eigenvalue weighted by molar-refractivity contribution is -0.138. The summed E-state index contributed by atoms with van der Waals surface area (Å²) in [4.78, 5) is 57.1. The number of aromatic nitrogens is 5. The zero-order chi connectivity index (χ0) is 79.3. The lowest BCUT2D eigenvalue weighted by Gasteiger charge is -2.18. The Morgan fingerprint density at radius 3 is 1.31 bits per heavy atom. The minimum atomic E-state index is -4.64. The second kappa shape index (κ2) is 36.2. The molecule has 10 aromatic rings. The maximum atomic E-state index is 13.8. The first-order valence-corrected chi connectivity index (χ1v) is 36.0. The molecule has 0 spiro atoms. The summed E-state index contributed by atoms with van der Waals surface area (Å²) in [5, 5.41) is 37.0. The molecule has 1 aliphatic carbocycles. The molecular weight excluding hydrogens is 1490 g/mol. The van der Waals surface area contributed by atoms with Gasteiger partial charge in [0.1, 0.15) is 16.8 Å². The fourth-order valence-corrected chi connectivity index (χ4v) is 13.2. The monoisotopic (exact) mass is 1570 g/mol. The minimum Gasteiger partial charge on any atom is -0.399 e. The number of hydrogen-bond donors (Lipinski definition) is 12. The van der Waals surface area contributed by atoms with E-state index in [-0.39, 0.29) is 75.0 Å². The van der Waals surface area contributed by atoms with Crippen molar-refractivity contribution >= 4 is 120 Å². The Kier molecular flexibility index (Phi) is 26.1. The van der Waals surface area contributed by atoms with E-state index >= 15 is 0 Å². The number of rotatable bonds is 16. The minimum absolute atomic E-state index is 0. The lowest BCUT2D eigenvalue weighted by atomic mass is 9.95. The molecule has 586 valence electrons. The van der Waals surface area contributed by atoms with Crippen molar-refractivity contribution in [1.29, 1.82) is 0 Å². The molecule has 8 heterocycles. The van der Waals surface area contributed by atoms with Gasteiger partial charge in [-0.15, -0.1) is 0 Å². The molecule has 5 aliphatic rings. The number of anilines is 11. The number of nitrogens with one attached hydrogen (secondary N) is 11. The fraction of sp³-hybridized carbons (Fsp3) is 0.232. The maximum Gasteiger partial charge on any atom is 0.419 e. The van der Waals surface area contributed by atoms with E-state index in [1.165, 1.54) is 93.5 Å². The number of hydrogen-bond acceptors (Lipinski definition) is 17. The molecule has 0 saturated heterocycles. The van der Waals surface area contributed by atoms with Crippen molar-refractivity contribution in [3.05, 3.63) is 260 Å². The van der Waals surface area contributed by atoms with Crippen LogP contribution in [0.3, 0.4) is 0 Å². The molecule has 3 amide bonds. The van der Waals surface area contributed by atoms with Gasteiger partial charge in [0.15, 0.2) is 0 Å². The second-order valence-corrected chi connectivity index (χ2v) is 26.5. The van der Waals surface area contributed by atoms with Crippen LogP contribution in [0.1, 0.15) is 122 Å². The van der Waals surface area contributed by atoms with Crippen molar-refractivity contribution in [1.82, 2.24) is 51.7 Å². The first-order chi connectivity index (χ1) is 53.8. The van der Waals surface area contributed by atoms with E-state index in [9.17, 15) is 53.9 Å². The molecule has 13 N–H and O–H groups in total. The van der Waals surface area contributed by atoms with Gasteiger partial charge in [-0.1, -0.05) is 85.8 Å². The smallest absolute Gasteiger partial charge is 0.399 e. The number of pyridine rings is 3. The van der Waals surface area contributed by atoms with E-state index < -0.39 is 52.9 Å². The number of alkyl halides is 9. The van der Waals surface area contributed by atoms with Crippen molar-refractivity contribution in [2.45, 2.75) is 77.6 Å². The lowest BCUT2D eigenvalue weighted by Crippen LogP contribution is -2.23. The number of nitrogens with zero attached hydrogens (tertiary/aromatic N) is 6. The van der Waals surface area contributed by atoms with E-state index in [1.807, 2.05) is 54.6 Å². The van der Waals surface area contributed by atoms with Gasteiger partial charge in [0.25, 0.3) is 17.7 Å². The van der Waals surface area contributed by atoms with Crippen molar-refractivity contribution < 1.29 is 53.9 Å². The molecule has 4 aliphatic heterocycles. The number of para-hydroxylation sites is 3. The number of amides is 3. The number of aliphatic imine (C=N–C) groups is 2. The van der Waals surface area contributed by atoms with Gasteiger partial charge in [-0.3, -0.25) is 29.5 Å². The summed E-state index contributed by atoms with van der Waals surface area (Å²) in [5.74, 6) is -0.792. The van der Waals surface area contributed by atoms with E-state index in [0.717, 1.165) is 120 Å². The number of H-pyrrole nitrogens is 1. The van der Waals surface area contributed by atoms with Gasteiger partial charge in [-0.2, -0.15) is 44.6 Å². The predicted molar refractivity (Wildman–Crippen MR) is 427 cm³/mol. The Labute approximate surface area is 649 Å². The first kappa shape index (κ1) is 81.6. The molecule has 6 aromatic carbocycles. The number of benzene rings is 6. The van der Waals surface area contributed by atoms with Gasteiger partial charge in [-0.25, -0.2) is 15.0 Å². The van der Waals surface area contributed by atoms with Gasteiger partial charge in [0.05, 0.1) is 103 Å². The standard InChI is InChI=1S/2C27H25F3N6O.C14H11ClF3N3O.C13H15N3.CH4/c2*1-31-26(37)19-4-2-3-5-22(19)36-23-13-24(33-15-21(23)27(28,29)30)35-18-7-6-17-14-34-25(20(17)12-18)16-8-10-32-11-9-16;1-19-13(22)8-4-2-3-5-10(8)21-11-6-12(15)20-7-9(11)14(16,17)18;14-10-6-7-12-11(8-10)13(16-15-12)9-4-2-1-3-5-9;/h2*2-8,12-13,15,32H,9-11,14H2,1H3,(H,31,37)(H2,33,35,36);2-7H,1H3,(H,19,22)(H,20,21);4,6-8H,1-3,5,14H2,(H,15,16);1H4. The largest absolute Gasteiger partial charge is 0.419 e. The Balaban J connectivity index is 0.000000156. The van der Waals surface area contributed by atoms with Crippen molar-refractivity contribution in [2.24, 2.45) is 9.98 Å². The highest BCUT2D eigenvalue weighted by molar-refractivity contribution is 6.29. The first-order valence-electron chi connectivity index (χ1n) is 35.6. The highest BCUT2D eigenvalue weighted by Gasteiger charge is 2.38. The molecule has 0 saturated carbocycles. The Morgan fingerprint density at radius 2 is 0.903 bits per heavy atom. The molecule has 113 heavy (non-hydrogen) atoms. The topological polar surface area (TPSA) is 290 Å². The number of fused-ring (bicyclic) bond motifs is 3. The average molecular weight is 1570 g/mol. The van der Waals surface area contributed by atoms with Crippen molar-refractivity contribution in [3.8, 4) is 0 Å². The number of nitrogen functional groups attached to an aromatic ring is 1. The zero-order valence-corrected chi connectivity index (χ0v) is 61.3. The predicted octanol–water partition coefficient (Wildman–Crippen LogP) is 17.9. The molecule has 0 atom stereocenters. The summed E-state index contributed by atoms with van der Waals surface area (Å²) in [5.41, 5.74) is 17.9. The normalized spacial score (nSPS) is 14.3. The number of aromatic amines is 1. The Morgan fingerprint density at radius 1 is 0.469 bits per heavy atom. The second-order valence-electron chi connectivity index (χ2n) is 26.1. The SMILES string of the molecule is C.CNC(=O)c1ccccc1Nc1cc(Cl)ncc1C(F)(F)F.CNC(=O)c1ccccc1Nc1cc(Nc2ccc3c(c2)C(C2=CCNCC2)=NC3)ncc1C(F)(F)F.CNC(=O)c1ccccc1Nc1cc(Nc2ccc3c(c2)C(C2=CCNCC2)=NC3)ncc1C(F)(F)F.Nc1ccc2[nH]nc(C3=CCCCC3)c2c1. The molecule has 21 nitrogen and oxygen atoms in total. The van der Waals surface area contributed by atoms with Crippen LogP contribution in [-0.4, -0.2) is 102 Å². The average Bonchev–Trinajstić information content (AvgIpc) is 1.34. The van der Waals surface area contributed by atoms with Gasteiger partial charge in [-0.05, 0) is 164 Å². The van der Waals surface area contributed by atoms with Crippen LogP contribution < -0.4 is 58.9 Å². The van der Waals surface area contributed by atoms with Crippen LogP contribution in [0.4, 0.5) is 102 Å². The summed E-state index contributed by atoms with van der Waals surface area (Å²) in [6.07, 6.45) is 1.59. The number of carbonyl (C=O) groups excluding carboxylic acids is 3. The quantitative estimate of drug-likeness (QED) is 0.0243. The van der Waals surface area contributed by atoms with Crippen LogP contribution in [0, 0.1) is 0 Å². The third-order valence-corrected chi connectivity index (χ3v) is 18.8. The van der Waals surface area contributed by atoms with Crippen LogP contribution in [0.2, 0.25) is 5.15 Å². The van der Waals surface area contributed by atoms with E-state index in [0.29, 0.717) is 30.7 Å². The molecule has 31 heteroatoms. The van der Waals surface area contributed by atoms with E-state index in [4.69, 9.17) is 27.3 Å². The summed E-state index contributed by atoms with van der Waals surface area (Å²) >= 11 is 5.67. The van der Waals surface area contributed by atoms with Crippen LogP contribution >= 0.6 is 11.6 Å². The molecule has 0 bridgehead atoms. The summed E-state index contributed by atoms with van der Waals surface area (Å²) in [7, 11) is 4.36. The van der Waals surface area contributed by atoms with Crippen molar-refractivity contribution in [3.63, 3.8) is 0 Å². The number of nitrogens with two attached hydrogens (primary N) is 1. The fourth-order valence-electron chi connectivity index (χ4n) is 13.0. The number of halogens is 10. The molecule has 0 fully saturated rings. The van der Waals surface area contributed by atoms with Gasteiger partial charge >= 0.3 is 18.5 Å². The van der Waals surface area contributed by atoms with E-state index in [1.54, 1.807) is 48.5 Å². The molecule has 0 radical (unpaired) electrons. The summed E-state index contributed by atoms with van der Waals surface area (Å²) < 4.78 is 122. The van der Waals surface area contributed by atoms with Crippen LogP contribution in [0.5, 0.6) is 0 Å². The van der Waals surface area contributed by atoms with Crippen LogP contribution in [-0.2, 0) is 31.6 Å². The third kappa shape index (κ3) is 20.0. The molecule has 4 aromatic heterocycles. The maximum absolute atomic E-state index is 13.8. The van der Waals surface area contributed by atoms with Crippen LogP contribution in [0.15, 0.2) is 204 Å². The Bertz CT molecular complexity index is 5130. The van der Waals surface area contributed by atoms with Gasteiger partial charge in [0.2, 0.25) is 0 Å². The molecule has 15 rings (SSSR count). The third-order valence-electron chi connectivity index (χ3n) is 18.6. The Hall–Kier alpha value is -12.4. The molecule has 0 unspecified atom stereocenters. The number of carbonyl (C=O) groups is 3. The highest BCUT2D eigenvalue weighted by Crippen LogP contribution is 2.42. The van der Waals surface area contributed by atoms with Gasteiger partial charge in [0, 0.05) is 98.5 Å². The summed E-state index contributed by atoms with van der Waals surface area (Å²) in [6, 6.07) is 40.1.